The number of thiophene rings is 1. The third kappa shape index (κ3) is 3.07. The van der Waals surface area contributed by atoms with Crippen LogP contribution < -0.4 is 4.90 Å². The van der Waals surface area contributed by atoms with Gasteiger partial charge in [0.1, 0.15) is 12.1 Å². The molecule has 0 saturated heterocycles. The molecule has 0 bridgehead atoms. The highest BCUT2D eigenvalue weighted by atomic mass is 35.5. The predicted octanol–water partition coefficient (Wildman–Crippen LogP) is 3.87. The Hall–Kier alpha value is -2.77. The van der Waals surface area contributed by atoms with Gasteiger partial charge in [-0.3, -0.25) is 4.79 Å². The van der Waals surface area contributed by atoms with Gasteiger partial charge in [0.25, 0.3) is 0 Å². The molecule has 6 nitrogen and oxygen atoms in total. The second kappa shape index (κ2) is 6.86. The van der Waals surface area contributed by atoms with Crippen LogP contribution in [0.1, 0.15) is 0 Å². The summed E-state index contributed by atoms with van der Waals surface area (Å²) < 4.78 is 1.70. The number of likely N-dealkylation sites (N-methyl/N-ethyl adjacent to an activating group) is 1. The summed E-state index contributed by atoms with van der Waals surface area (Å²) in [6, 6.07) is 13.3. The van der Waals surface area contributed by atoms with E-state index in [1.54, 1.807) is 22.8 Å². The molecule has 0 aliphatic heterocycles. The maximum Gasteiger partial charge on any atom is 0.246 e. The molecule has 8 heteroatoms. The van der Waals surface area contributed by atoms with Crippen LogP contribution in [0, 0.1) is 0 Å². The number of rotatable bonds is 4. The average Bonchev–Trinajstić information content (AvgIpc) is 3.32. The number of fused-ring (bicyclic) bond motifs is 1. The van der Waals surface area contributed by atoms with Gasteiger partial charge in [-0.05, 0) is 23.6 Å². The van der Waals surface area contributed by atoms with Crippen molar-refractivity contribution in [1.82, 2.24) is 19.5 Å². The molecule has 0 atom stereocenters. The molecular weight excluding hydrogens is 370 g/mol. The van der Waals surface area contributed by atoms with Gasteiger partial charge < -0.3 is 9.47 Å². The minimum absolute atomic E-state index is 0.0806. The van der Waals surface area contributed by atoms with E-state index in [4.69, 9.17) is 11.6 Å². The van der Waals surface area contributed by atoms with E-state index in [1.165, 1.54) is 11.3 Å². The molecule has 1 aromatic carbocycles. The fourth-order valence-corrected chi connectivity index (χ4v) is 3.46. The molecule has 0 radical (unpaired) electrons. The Morgan fingerprint density at radius 3 is 2.73 bits per heavy atom. The molecular formula is C18H14ClN5OS. The molecule has 3 aromatic heterocycles. The van der Waals surface area contributed by atoms with E-state index in [2.05, 4.69) is 15.0 Å². The van der Waals surface area contributed by atoms with Gasteiger partial charge in [0.15, 0.2) is 16.6 Å². The van der Waals surface area contributed by atoms with E-state index >= 15 is 0 Å². The maximum atomic E-state index is 12.7. The molecule has 26 heavy (non-hydrogen) atoms. The number of imidazole rings is 1. The van der Waals surface area contributed by atoms with Crippen LogP contribution in [-0.2, 0) is 11.3 Å². The second-order valence-corrected chi connectivity index (χ2v) is 6.95. The Kier molecular flexibility index (Phi) is 4.40. The van der Waals surface area contributed by atoms with Crippen molar-refractivity contribution in [1.29, 1.82) is 0 Å². The lowest BCUT2D eigenvalue weighted by atomic mass is 10.3. The van der Waals surface area contributed by atoms with E-state index in [0.717, 1.165) is 10.6 Å². The number of carbonyl (C=O) groups excluding carboxylic acids is 1. The zero-order chi connectivity index (χ0) is 18.1. The molecule has 0 unspecified atom stereocenters. The van der Waals surface area contributed by atoms with Crippen LogP contribution in [0.25, 0.3) is 21.9 Å². The third-order valence-electron chi connectivity index (χ3n) is 3.99. The molecule has 3 heterocycles. The smallest absolute Gasteiger partial charge is 0.246 e. The molecule has 1 amide bonds. The minimum atomic E-state index is -0.0806. The first-order valence-electron chi connectivity index (χ1n) is 7.87. The summed E-state index contributed by atoms with van der Waals surface area (Å²) in [5.41, 5.74) is 1.86. The fourth-order valence-electron chi connectivity index (χ4n) is 2.59. The van der Waals surface area contributed by atoms with Gasteiger partial charge in [-0.25, -0.2) is 15.0 Å². The molecule has 0 spiro atoms. The normalized spacial score (nSPS) is 11.0. The minimum Gasteiger partial charge on any atom is -0.314 e. The third-order valence-corrected chi connectivity index (χ3v) is 5.12. The largest absolute Gasteiger partial charge is 0.314 e. The van der Waals surface area contributed by atoms with E-state index in [1.807, 2.05) is 47.8 Å². The van der Waals surface area contributed by atoms with Gasteiger partial charge in [-0.1, -0.05) is 35.9 Å². The summed E-state index contributed by atoms with van der Waals surface area (Å²) >= 11 is 7.80. The fraction of sp³-hybridized carbons (Fsp3) is 0.111. The van der Waals surface area contributed by atoms with Crippen LogP contribution in [0.5, 0.6) is 0 Å². The van der Waals surface area contributed by atoms with Crippen molar-refractivity contribution in [2.24, 2.45) is 0 Å². The number of benzene rings is 1. The topological polar surface area (TPSA) is 63.9 Å². The number of hydrogen-bond donors (Lipinski definition) is 0. The van der Waals surface area contributed by atoms with Crippen molar-refractivity contribution >= 4 is 45.7 Å². The Balaban J connectivity index is 1.67. The lowest BCUT2D eigenvalue weighted by molar-refractivity contribution is -0.118. The standard InChI is InChI=1S/C18H14ClN5OS/c1-23(12-6-3-2-4-7-12)14(25)10-24-11-20-15-16(19)21-17(22-18(15)24)13-8-5-9-26-13/h2-9,11H,10H2,1H3. The monoisotopic (exact) mass is 383 g/mol. The van der Waals surface area contributed by atoms with Gasteiger partial charge in [-0.2, -0.15) is 0 Å². The zero-order valence-corrected chi connectivity index (χ0v) is 15.4. The first-order valence-corrected chi connectivity index (χ1v) is 9.13. The Labute approximate surface area is 158 Å². The van der Waals surface area contributed by atoms with Crippen LogP contribution >= 0.6 is 22.9 Å². The first-order chi connectivity index (χ1) is 12.6. The van der Waals surface area contributed by atoms with Crippen LogP contribution in [0.15, 0.2) is 54.2 Å². The first kappa shape index (κ1) is 16.7. The van der Waals surface area contributed by atoms with Gasteiger partial charge >= 0.3 is 0 Å². The summed E-state index contributed by atoms with van der Waals surface area (Å²) in [5.74, 6) is 0.450. The predicted molar refractivity (Wildman–Crippen MR) is 103 cm³/mol. The quantitative estimate of drug-likeness (QED) is 0.502. The van der Waals surface area contributed by atoms with Gasteiger partial charge in [0.2, 0.25) is 5.91 Å². The summed E-state index contributed by atoms with van der Waals surface area (Å²) in [6.07, 6.45) is 1.57. The Bertz CT molecular complexity index is 1060. The second-order valence-electron chi connectivity index (χ2n) is 5.65. The number of hydrogen-bond acceptors (Lipinski definition) is 5. The molecule has 0 saturated carbocycles. The van der Waals surface area contributed by atoms with Gasteiger partial charge in [-0.15, -0.1) is 11.3 Å². The van der Waals surface area contributed by atoms with Crippen molar-refractivity contribution in [2.45, 2.75) is 6.54 Å². The Morgan fingerprint density at radius 1 is 1.19 bits per heavy atom. The van der Waals surface area contributed by atoms with Gasteiger partial charge in [0, 0.05) is 12.7 Å². The number of carbonyl (C=O) groups is 1. The van der Waals surface area contributed by atoms with E-state index in [0.29, 0.717) is 17.0 Å². The number of halogens is 1. The SMILES string of the molecule is CN(C(=O)Cn1cnc2c(Cl)nc(-c3cccs3)nc21)c1ccccc1. The molecule has 130 valence electrons. The maximum absolute atomic E-state index is 12.7. The number of para-hydroxylation sites is 1. The number of nitrogens with zero attached hydrogens (tertiary/aromatic N) is 5. The summed E-state index contributed by atoms with van der Waals surface area (Å²) in [7, 11) is 1.75. The highest BCUT2D eigenvalue weighted by molar-refractivity contribution is 7.13. The average molecular weight is 384 g/mol. The van der Waals surface area contributed by atoms with Crippen LogP contribution in [0.2, 0.25) is 5.15 Å². The molecule has 0 fully saturated rings. The number of amides is 1. The van der Waals surface area contributed by atoms with E-state index < -0.39 is 0 Å². The van der Waals surface area contributed by atoms with Crippen LogP contribution in [-0.4, -0.2) is 32.5 Å². The highest BCUT2D eigenvalue weighted by Gasteiger charge is 2.17. The van der Waals surface area contributed by atoms with Crippen molar-refractivity contribution in [3.8, 4) is 10.7 Å². The summed E-state index contributed by atoms with van der Waals surface area (Å²) in [6.45, 7) is 0.110. The van der Waals surface area contributed by atoms with Gasteiger partial charge in [0.05, 0.1) is 11.2 Å². The lowest BCUT2D eigenvalue weighted by Gasteiger charge is -2.17. The number of anilines is 1. The van der Waals surface area contributed by atoms with Crippen LogP contribution in [0.3, 0.4) is 0 Å². The molecule has 0 N–H and O–H groups in total. The van der Waals surface area contributed by atoms with Crippen molar-refractivity contribution in [3.63, 3.8) is 0 Å². The van der Waals surface area contributed by atoms with E-state index in [-0.39, 0.29) is 17.6 Å². The Morgan fingerprint density at radius 2 is 2.00 bits per heavy atom. The zero-order valence-electron chi connectivity index (χ0n) is 13.8. The highest BCUT2D eigenvalue weighted by Crippen LogP contribution is 2.26. The lowest BCUT2D eigenvalue weighted by Crippen LogP contribution is -2.29. The van der Waals surface area contributed by atoms with Crippen molar-refractivity contribution < 1.29 is 4.79 Å². The molecule has 0 aliphatic rings. The van der Waals surface area contributed by atoms with Crippen molar-refractivity contribution in [2.75, 3.05) is 11.9 Å². The molecule has 0 aliphatic carbocycles. The summed E-state index contributed by atoms with van der Waals surface area (Å²) in [5, 5.41) is 2.23. The molecule has 4 rings (SSSR count). The molecule has 4 aromatic rings. The summed E-state index contributed by atoms with van der Waals surface area (Å²) in [4.78, 5) is 28.3. The number of aromatic nitrogens is 4. The van der Waals surface area contributed by atoms with Crippen LogP contribution in [0.4, 0.5) is 5.69 Å². The van der Waals surface area contributed by atoms with Crippen molar-refractivity contribution in [3.05, 3.63) is 59.3 Å². The van der Waals surface area contributed by atoms with E-state index in [9.17, 15) is 4.79 Å².